The first kappa shape index (κ1) is 15.9. The number of anilines is 1. The molecule has 0 amide bonds. The maximum atomic E-state index is 11.3. The van der Waals surface area contributed by atoms with E-state index < -0.39 is 0 Å². The number of nitro benzene ring substituents is 1. The second-order valence-electron chi connectivity index (χ2n) is 5.77. The predicted octanol–water partition coefficient (Wildman–Crippen LogP) is 3.24. The van der Waals surface area contributed by atoms with Gasteiger partial charge in [0.1, 0.15) is 10.7 Å². The molecule has 7 heteroatoms. The number of benzene rings is 1. The molecule has 0 bridgehead atoms. The summed E-state index contributed by atoms with van der Waals surface area (Å²) in [7, 11) is 0. The minimum Gasteiger partial charge on any atom is -0.363 e. The molecule has 1 saturated heterocycles. The Kier molecular flexibility index (Phi) is 4.58. The molecule has 1 aromatic heterocycles. The van der Waals surface area contributed by atoms with E-state index in [-0.39, 0.29) is 10.6 Å². The first-order valence-corrected chi connectivity index (χ1v) is 8.58. The Morgan fingerprint density at radius 2 is 2.04 bits per heavy atom. The molecule has 0 aliphatic carbocycles. The summed E-state index contributed by atoms with van der Waals surface area (Å²) in [4.78, 5) is 19.9. The Morgan fingerprint density at radius 1 is 1.30 bits per heavy atom. The SMILES string of the molecule is Cc1cccc([N+](=O)[O-])c1N1CCN(C(C)c2nccs2)CC1. The molecule has 1 atom stereocenters. The topological polar surface area (TPSA) is 62.5 Å². The highest BCUT2D eigenvalue weighted by molar-refractivity contribution is 7.09. The van der Waals surface area contributed by atoms with Crippen molar-refractivity contribution in [3.8, 4) is 0 Å². The Balaban J connectivity index is 1.74. The quantitative estimate of drug-likeness (QED) is 0.635. The highest BCUT2D eigenvalue weighted by Gasteiger charge is 2.27. The van der Waals surface area contributed by atoms with Crippen LogP contribution in [0.3, 0.4) is 0 Å². The van der Waals surface area contributed by atoms with E-state index in [4.69, 9.17) is 0 Å². The van der Waals surface area contributed by atoms with Gasteiger partial charge in [0, 0.05) is 43.8 Å². The molecular weight excluding hydrogens is 312 g/mol. The van der Waals surface area contributed by atoms with Gasteiger partial charge in [0.25, 0.3) is 5.69 Å². The van der Waals surface area contributed by atoms with E-state index in [2.05, 4.69) is 21.7 Å². The molecular formula is C16H20N4O2S. The van der Waals surface area contributed by atoms with Gasteiger partial charge in [-0.1, -0.05) is 12.1 Å². The van der Waals surface area contributed by atoms with Gasteiger partial charge in [0.05, 0.1) is 11.0 Å². The molecule has 0 radical (unpaired) electrons. The fourth-order valence-corrected chi connectivity index (χ4v) is 3.86. The summed E-state index contributed by atoms with van der Waals surface area (Å²) < 4.78 is 0. The number of hydrogen-bond donors (Lipinski definition) is 0. The molecule has 0 saturated carbocycles. The Bertz CT molecular complexity index is 681. The maximum absolute atomic E-state index is 11.3. The van der Waals surface area contributed by atoms with Crippen LogP contribution in [0.2, 0.25) is 0 Å². The van der Waals surface area contributed by atoms with Gasteiger partial charge in [0.15, 0.2) is 0 Å². The zero-order valence-corrected chi connectivity index (χ0v) is 14.1. The highest BCUT2D eigenvalue weighted by atomic mass is 32.1. The van der Waals surface area contributed by atoms with Gasteiger partial charge in [-0.25, -0.2) is 4.98 Å². The fourth-order valence-electron chi connectivity index (χ4n) is 3.13. The number of hydrogen-bond acceptors (Lipinski definition) is 6. The van der Waals surface area contributed by atoms with Crippen LogP contribution in [0.1, 0.15) is 23.5 Å². The van der Waals surface area contributed by atoms with Crippen molar-refractivity contribution < 1.29 is 4.92 Å². The van der Waals surface area contributed by atoms with Crippen molar-refractivity contribution in [3.05, 3.63) is 50.5 Å². The average Bonchev–Trinajstić information content (AvgIpc) is 3.08. The zero-order valence-electron chi connectivity index (χ0n) is 13.3. The van der Waals surface area contributed by atoms with E-state index in [1.54, 1.807) is 23.5 Å². The van der Waals surface area contributed by atoms with Gasteiger partial charge in [-0.15, -0.1) is 11.3 Å². The molecule has 3 rings (SSSR count). The van der Waals surface area contributed by atoms with Crippen molar-refractivity contribution in [1.29, 1.82) is 0 Å². The second-order valence-corrected chi connectivity index (χ2v) is 6.70. The summed E-state index contributed by atoms with van der Waals surface area (Å²) in [6, 6.07) is 5.57. The van der Waals surface area contributed by atoms with Crippen LogP contribution in [0.25, 0.3) is 0 Å². The van der Waals surface area contributed by atoms with Crippen molar-refractivity contribution in [1.82, 2.24) is 9.88 Å². The lowest BCUT2D eigenvalue weighted by molar-refractivity contribution is -0.384. The van der Waals surface area contributed by atoms with Crippen LogP contribution in [0.5, 0.6) is 0 Å². The third-order valence-corrected chi connectivity index (χ3v) is 5.35. The molecule has 1 fully saturated rings. The lowest BCUT2D eigenvalue weighted by atomic mass is 10.1. The number of piperazine rings is 1. The summed E-state index contributed by atoms with van der Waals surface area (Å²) in [5.41, 5.74) is 1.92. The molecule has 1 aromatic carbocycles. The smallest absolute Gasteiger partial charge is 0.292 e. The van der Waals surface area contributed by atoms with E-state index in [1.807, 2.05) is 24.6 Å². The van der Waals surface area contributed by atoms with Gasteiger partial charge in [-0.05, 0) is 19.4 Å². The summed E-state index contributed by atoms with van der Waals surface area (Å²) >= 11 is 1.67. The fraction of sp³-hybridized carbons (Fsp3) is 0.438. The van der Waals surface area contributed by atoms with E-state index in [0.29, 0.717) is 6.04 Å². The van der Waals surface area contributed by atoms with Gasteiger partial charge in [-0.2, -0.15) is 0 Å². The number of para-hydroxylation sites is 1. The number of rotatable bonds is 4. The number of nitro groups is 1. The summed E-state index contributed by atoms with van der Waals surface area (Å²) in [5.74, 6) is 0. The molecule has 1 aliphatic rings. The first-order valence-electron chi connectivity index (χ1n) is 7.70. The second kappa shape index (κ2) is 6.64. The van der Waals surface area contributed by atoms with Crippen molar-refractivity contribution >= 4 is 22.7 Å². The molecule has 0 spiro atoms. The molecule has 0 N–H and O–H groups in total. The molecule has 2 heterocycles. The van der Waals surface area contributed by atoms with Gasteiger partial charge in [-0.3, -0.25) is 15.0 Å². The molecule has 2 aromatic rings. The van der Waals surface area contributed by atoms with E-state index >= 15 is 0 Å². The Hall–Kier alpha value is -1.99. The lowest BCUT2D eigenvalue weighted by Crippen LogP contribution is -2.47. The van der Waals surface area contributed by atoms with E-state index in [9.17, 15) is 10.1 Å². The van der Waals surface area contributed by atoms with E-state index in [1.165, 1.54) is 0 Å². The average molecular weight is 332 g/mol. The summed E-state index contributed by atoms with van der Waals surface area (Å²) in [6.07, 6.45) is 1.84. The normalized spacial score (nSPS) is 17.2. The van der Waals surface area contributed by atoms with Crippen molar-refractivity contribution in [3.63, 3.8) is 0 Å². The van der Waals surface area contributed by atoms with Crippen LogP contribution in [0.15, 0.2) is 29.8 Å². The Morgan fingerprint density at radius 3 is 2.65 bits per heavy atom. The van der Waals surface area contributed by atoms with Crippen LogP contribution in [-0.2, 0) is 0 Å². The Labute approximate surface area is 139 Å². The molecule has 1 unspecified atom stereocenters. The number of thiazole rings is 1. The minimum atomic E-state index is -0.285. The minimum absolute atomic E-state index is 0.200. The van der Waals surface area contributed by atoms with Crippen LogP contribution in [-0.4, -0.2) is 41.0 Å². The number of nitrogens with zero attached hydrogens (tertiary/aromatic N) is 4. The van der Waals surface area contributed by atoms with Gasteiger partial charge >= 0.3 is 0 Å². The molecule has 23 heavy (non-hydrogen) atoms. The summed E-state index contributed by atoms with van der Waals surface area (Å²) in [6.45, 7) is 7.46. The third kappa shape index (κ3) is 3.20. The van der Waals surface area contributed by atoms with Crippen molar-refractivity contribution in [2.75, 3.05) is 31.1 Å². The van der Waals surface area contributed by atoms with Crippen LogP contribution in [0, 0.1) is 17.0 Å². The molecule has 122 valence electrons. The molecule has 6 nitrogen and oxygen atoms in total. The number of aryl methyl sites for hydroxylation is 1. The molecule has 1 aliphatic heterocycles. The van der Waals surface area contributed by atoms with Crippen LogP contribution >= 0.6 is 11.3 Å². The largest absolute Gasteiger partial charge is 0.363 e. The van der Waals surface area contributed by atoms with Crippen molar-refractivity contribution in [2.24, 2.45) is 0 Å². The maximum Gasteiger partial charge on any atom is 0.292 e. The van der Waals surface area contributed by atoms with Gasteiger partial charge in [0.2, 0.25) is 0 Å². The third-order valence-electron chi connectivity index (χ3n) is 4.40. The van der Waals surface area contributed by atoms with Crippen LogP contribution in [0.4, 0.5) is 11.4 Å². The summed E-state index contributed by atoms with van der Waals surface area (Å²) in [5, 5.41) is 14.4. The monoisotopic (exact) mass is 332 g/mol. The van der Waals surface area contributed by atoms with Crippen LogP contribution < -0.4 is 4.90 Å². The standard InChI is InChI=1S/C16H20N4O2S/c1-12-4-3-5-14(20(21)22)15(12)19-9-7-18(8-10-19)13(2)16-17-6-11-23-16/h3-6,11,13H,7-10H2,1-2H3. The highest BCUT2D eigenvalue weighted by Crippen LogP contribution is 2.33. The zero-order chi connectivity index (χ0) is 16.4. The first-order chi connectivity index (χ1) is 11.1. The van der Waals surface area contributed by atoms with Crippen molar-refractivity contribution in [2.45, 2.75) is 19.9 Å². The number of aromatic nitrogens is 1. The predicted molar refractivity (Wildman–Crippen MR) is 92.1 cm³/mol. The van der Waals surface area contributed by atoms with E-state index in [0.717, 1.165) is 42.4 Å². The van der Waals surface area contributed by atoms with Gasteiger partial charge < -0.3 is 4.90 Å². The lowest BCUT2D eigenvalue weighted by Gasteiger charge is -2.38.